The molecule has 2 fully saturated rings. The lowest BCUT2D eigenvalue weighted by Gasteiger charge is -2.54. The Morgan fingerprint density at radius 3 is 2.72 bits per heavy atom. The zero-order valence-electron chi connectivity index (χ0n) is 16.1. The van der Waals surface area contributed by atoms with Crippen LogP contribution in [0.3, 0.4) is 0 Å². The average Bonchev–Trinajstić information content (AvgIpc) is 3.24. The summed E-state index contributed by atoms with van der Waals surface area (Å²) in [6.07, 6.45) is 5.86. The standard InChI is InChI=1S/C21H21FN6O/c1-14-2-5-20(23-11-14)27-12-15-6-9-26(13-19(15)27)21(29)17-10-16(22)3-4-18(17)28-24-7-8-25-28/h2-5,7-8,10-11,15,19H,6,9,12-13H2,1H3/t15-,19-/m0/s1. The van der Waals surface area contributed by atoms with Crippen molar-refractivity contribution in [3.8, 4) is 5.69 Å². The Balaban J connectivity index is 1.39. The molecule has 0 saturated carbocycles. The largest absolute Gasteiger partial charge is 0.351 e. The topological polar surface area (TPSA) is 67.2 Å². The summed E-state index contributed by atoms with van der Waals surface area (Å²) in [5.74, 6) is 0.854. The highest BCUT2D eigenvalue weighted by Crippen LogP contribution is 2.36. The summed E-state index contributed by atoms with van der Waals surface area (Å²) in [7, 11) is 0. The summed E-state index contributed by atoms with van der Waals surface area (Å²) in [4.78, 5) is 23.2. The Labute approximate surface area is 167 Å². The van der Waals surface area contributed by atoms with Crippen LogP contribution in [0.1, 0.15) is 22.3 Å². The Hall–Kier alpha value is -3.29. The lowest BCUT2D eigenvalue weighted by molar-refractivity contribution is 0.0590. The molecule has 2 aliphatic heterocycles. The molecule has 2 saturated heterocycles. The summed E-state index contributed by atoms with van der Waals surface area (Å²) in [6, 6.07) is 8.45. The molecule has 0 spiro atoms. The number of halogens is 1. The van der Waals surface area contributed by atoms with E-state index < -0.39 is 5.82 Å². The molecule has 8 heteroatoms. The van der Waals surface area contributed by atoms with Gasteiger partial charge in [-0.25, -0.2) is 9.37 Å². The van der Waals surface area contributed by atoms with Crippen molar-refractivity contribution in [2.45, 2.75) is 19.4 Å². The van der Waals surface area contributed by atoms with Gasteiger partial charge in [-0.15, -0.1) is 0 Å². The molecule has 4 heterocycles. The molecule has 0 bridgehead atoms. The molecule has 1 amide bonds. The maximum Gasteiger partial charge on any atom is 0.256 e. The number of likely N-dealkylation sites (tertiary alicyclic amines) is 1. The van der Waals surface area contributed by atoms with Crippen molar-refractivity contribution in [3.05, 3.63) is 65.9 Å². The third-order valence-corrected chi connectivity index (χ3v) is 5.85. The Morgan fingerprint density at radius 2 is 1.97 bits per heavy atom. The first-order chi connectivity index (χ1) is 14.1. The van der Waals surface area contributed by atoms with E-state index in [0.29, 0.717) is 24.7 Å². The number of carbonyl (C=O) groups is 1. The number of rotatable bonds is 3. The zero-order chi connectivity index (χ0) is 20.0. The molecule has 2 aromatic heterocycles. The second kappa shape index (κ2) is 6.95. The molecule has 3 aromatic rings. The summed E-state index contributed by atoms with van der Waals surface area (Å²) in [6.45, 7) is 4.24. The second-order valence-corrected chi connectivity index (χ2v) is 7.69. The number of aromatic nitrogens is 4. The molecule has 2 aliphatic rings. The van der Waals surface area contributed by atoms with Gasteiger partial charge in [0, 0.05) is 31.7 Å². The number of amides is 1. The molecule has 0 N–H and O–H groups in total. The highest BCUT2D eigenvalue weighted by Gasteiger charge is 2.44. The van der Waals surface area contributed by atoms with E-state index in [1.54, 1.807) is 6.07 Å². The van der Waals surface area contributed by atoms with E-state index in [-0.39, 0.29) is 17.5 Å². The fourth-order valence-electron chi connectivity index (χ4n) is 4.24. The number of piperidine rings is 1. The summed E-state index contributed by atoms with van der Waals surface area (Å²) >= 11 is 0. The van der Waals surface area contributed by atoms with Gasteiger partial charge in [-0.05, 0) is 43.2 Å². The summed E-state index contributed by atoms with van der Waals surface area (Å²) in [5.41, 5.74) is 1.88. The first-order valence-corrected chi connectivity index (χ1v) is 9.75. The summed E-state index contributed by atoms with van der Waals surface area (Å²) < 4.78 is 13.9. The van der Waals surface area contributed by atoms with Gasteiger partial charge >= 0.3 is 0 Å². The van der Waals surface area contributed by atoms with Gasteiger partial charge in [-0.1, -0.05) is 6.07 Å². The van der Waals surface area contributed by atoms with Crippen LogP contribution in [0.25, 0.3) is 5.69 Å². The molecule has 0 radical (unpaired) electrons. The molecule has 7 nitrogen and oxygen atoms in total. The third kappa shape index (κ3) is 3.14. The van der Waals surface area contributed by atoms with Crippen molar-refractivity contribution in [1.29, 1.82) is 0 Å². The Bertz CT molecular complexity index is 1040. The van der Waals surface area contributed by atoms with Crippen molar-refractivity contribution < 1.29 is 9.18 Å². The van der Waals surface area contributed by atoms with Gasteiger partial charge in [-0.2, -0.15) is 15.0 Å². The van der Waals surface area contributed by atoms with Crippen LogP contribution in [0.15, 0.2) is 48.9 Å². The molecule has 5 rings (SSSR count). The number of anilines is 1. The minimum Gasteiger partial charge on any atom is -0.351 e. The minimum atomic E-state index is -0.451. The fraction of sp³-hybridized carbons (Fsp3) is 0.333. The van der Waals surface area contributed by atoms with Crippen LogP contribution in [0.5, 0.6) is 0 Å². The lowest BCUT2D eigenvalue weighted by Crippen LogP contribution is -2.65. The van der Waals surface area contributed by atoms with Crippen LogP contribution < -0.4 is 4.90 Å². The van der Waals surface area contributed by atoms with Gasteiger partial charge in [0.05, 0.1) is 29.7 Å². The first-order valence-electron chi connectivity index (χ1n) is 9.75. The number of carbonyl (C=O) groups excluding carboxylic acids is 1. The number of benzene rings is 1. The van der Waals surface area contributed by atoms with Gasteiger partial charge < -0.3 is 9.80 Å². The second-order valence-electron chi connectivity index (χ2n) is 7.69. The van der Waals surface area contributed by atoms with Crippen molar-refractivity contribution in [1.82, 2.24) is 24.9 Å². The fourth-order valence-corrected chi connectivity index (χ4v) is 4.24. The predicted octanol–water partition coefficient (Wildman–Crippen LogP) is 2.46. The maximum absolute atomic E-state index is 13.9. The van der Waals surface area contributed by atoms with E-state index in [4.69, 9.17) is 0 Å². The Kier molecular flexibility index (Phi) is 4.26. The summed E-state index contributed by atoms with van der Waals surface area (Å²) in [5, 5.41) is 8.19. The van der Waals surface area contributed by atoms with Gasteiger partial charge in [-0.3, -0.25) is 4.79 Å². The quantitative estimate of drug-likeness (QED) is 0.685. The smallest absolute Gasteiger partial charge is 0.256 e. The van der Waals surface area contributed by atoms with Crippen LogP contribution in [0.2, 0.25) is 0 Å². The number of fused-ring (bicyclic) bond motifs is 1. The van der Waals surface area contributed by atoms with Gasteiger partial charge in [0.1, 0.15) is 11.6 Å². The molecule has 1 aromatic carbocycles. The van der Waals surface area contributed by atoms with Crippen molar-refractivity contribution in [2.75, 3.05) is 24.5 Å². The highest BCUT2D eigenvalue weighted by atomic mass is 19.1. The molecule has 0 unspecified atom stereocenters. The number of nitrogens with zero attached hydrogens (tertiary/aromatic N) is 6. The first kappa shape index (κ1) is 17.8. The molecule has 148 valence electrons. The predicted molar refractivity (Wildman–Crippen MR) is 105 cm³/mol. The van der Waals surface area contributed by atoms with Crippen LogP contribution >= 0.6 is 0 Å². The molecule has 2 atom stereocenters. The SMILES string of the molecule is Cc1ccc(N2C[C@@H]3CCN(C(=O)c4cc(F)ccc4-n4nccn4)C[C@@H]32)nc1. The highest BCUT2D eigenvalue weighted by molar-refractivity contribution is 5.98. The lowest BCUT2D eigenvalue weighted by atomic mass is 9.82. The zero-order valence-corrected chi connectivity index (χ0v) is 16.1. The van der Waals surface area contributed by atoms with E-state index in [2.05, 4.69) is 26.1 Å². The molecular weight excluding hydrogens is 371 g/mol. The van der Waals surface area contributed by atoms with Crippen molar-refractivity contribution >= 4 is 11.7 Å². The van der Waals surface area contributed by atoms with E-state index in [9.17, 15) is 9.18 Å². The van der Waals surface area contributed by atoms with Crippen LogP contribution in [-0.2, 0) is 0 Å². The van der Waals surface area contributed by atoms with E-state index in [1.807, 2.05) is 24.1 Å². The van der Waals surface area contributed by atoms with E-state index in [1.165, 1.54) is 29.3 Å². The number of aryl methyl sites for hydroxylation is 1. The Morgan fingerprint density at radius 1 is 1.14 bits per heavy atom. The van der Waals surface area contributed by atoms with Gasteiger partial charge in [0.15, 0.2) is 0 Å². The van der Waals surface area contributed by atoms with Gasteiger partial charge in [0.2, 0.25) is 0 Å². The number of hydrogen-bond donors (Lipinski definition) is 0. The minimum absolute atomic E-state index is 0.195. The van der Waals surface area contributed by atoms with Crippen LogP contribution in [-0.4, -0.2) is 56.5 Å². The van der Waals surface area contributed by atoms with Crippen molar-refractivity contribution in [3.63, 3.8) is 0 Å². The average molecular weight is 392 g/mol. The van der Waals surface area contributed by atoms with Gasteiger partial charge in [0.25, 0.3) is 5.91 Å². The third-order valence-electron chi connectivity index (χ3n) is 5.85. The number of hydrogen-bond acceptors (Lipinski definition) is 5. The number of pyridine rings is 1. The normalized spacial score (nSPS) is 20.9. The molecule has 29 heavy (non-hydrogen) atoms. The van der Waals surface area contributed by atoms with Crippen molar-refractivity contribution in [2.24, 2.45) is 5.92 Å². The molecular formula is C21H21FN6O. The monoisotopic (exact) mass is 392 g/mol. The molecule has 0 aliphatic carbocycles. The van der Waals surface area contributed by atoms with Crippen LogP contribution in [0, 0.1) is 18.7 Å². The van der Waals surface area contributed by atoms with E-state index >= 15 is 0 Å². The van der Waals surface area contributed by atoms with Crippen LogP contribution in [0.4, 0.5) is 10.2 Å². The van der Waals surface area contributed by atoms with E-state index in [0.717, 1.165) is 24.3 Å². The maximum atomic E-state index is 13.9.